The summed E-state index contributed by atoms with van der Waals surface area (Å²) in [5.41, 5.74) is -1.48. The molecular formula is C23H15F6NO3. The number of hydrogen-bond acceptors (Lipinski definition) is 3. The number of nitrogens with one attached hydrogen (secondary N) is 1. The molecule has 0 unspecified atom stereocenters. The molecule has 1 N–H and O–H groups in total. The lowest BCUT2D eigenvalue weighted by Gasteiger charge is -2.17. The number of carbonyl (C=O) groups is 2. The highest BCUT2D eigenvalue weighted by Crippen LogP contribution is 2.39. The topological polar surface area (TPSA) is 55.4 Å². The number of esters is 1. The fourth-order valence-corrected chi connectivity index (χ4v) is 3.16. The van der Waals surface area contributed by atoms with Crippen LogP contribution in [0.4, 0.5) is 32.0 Å². The highest BCUT2D eigenvalue weighted by atomic mass is 19.4. The minimum Gasteiger partial charge on any atom is -0.465 e. The van der Waals surface area contributed by atoms with Gasteiger partial charge in [0, 0.05) is 11.3 Å². The Morgan fingerprint density at radius 1 is 0.788 bits per heavy atom. The molecule has 0 heterocycles. The first kappa shape index (κ1) is 23.8. The molecular weight excluding hydrogens is 452 g/mol. The van der Waals surface area contributed by atoms with Gasteiger partial charge >= 0.3 is 24.2 Å². The number of alkyl halides is 6. The van der Waals surface area contributed by atoms with E-state index in [2.05, 4.69) is 0 Å². The van der Waals surface area contributed by atoms with E-state index in [0.717, 1.165) is 25.3 Å². The molecule has 3 aromatic rings. The fraction of sp³-hybridized carbons (Fsp3) is 0.130. The predicted octanol–water partition coefficient (Wildman–Crippen LogP) is 6.33. The van der Waals surface area contributed by atoms with Gasteiger partial charge < -0.3 is 10.1 Å². The van der Waals surface area contributed by atoms with Crippen LogP contribution in [0, 0.1) is 0 Å². The van der Waals surface area contributed by atoms with Crippen LogP contribution < -0.4 is 5.32 Å². The van der Waals surface area contributed by atoms with Crippen molar-refractivity contribution in [3.8, 4) is 22.3 Å². The van der Waals surface area contributed by atoms with Gasteiger partial charge in [0.1, 0.15) is 0 Å². The third kappa shape index (κ3) is 5.33. The number of hydrogen-bond donors (Lipinski definition) is 1. The van der Waals surface area contributed by atoms with Crippen molar-refractivity contribution >= 4 is 17.6 Å². The molecule has 1 amide bonds. The summed E-state index contributed by atoms with van der Waals surface area (Å²) in [5.74, 6) is -3.04. The average molecular weight is 467 g/mol. The van der Waals surface area contributed by atoms with Crippen LogP contribution in [0.1, 0.15) is 15.9 Å². The molecule has 0 bridgehead atoms. The lowest BCUT2D eigenvalue weighted by atomic mass is 9.93. The summed E-state index contributed by atoms with van der Waals surface area (Å²) in [7, 11) is 1.12. The Hall–Kier alpha value is -3.82. The molecule has 0 aliphatic rings. The Bertz CT molecular complexity index is 1200. The Kier molecular flexibility index (Phi) is 6.48. The molecule has 0 atom stereocenters. The largest absolute Gasteiger partial charge is 0.471 e. The molecule has 0 saturated carbocycles. The maximum absolute atomic E-state index is 13.7. The number of halogens is 6. The van der Waals surface area contributed by atoms with Crippen LogP contribution in [0.5, 0.6) is 0 Å². The summed E-state index contributed by atoms with van der Waals surface area (Å²) >= 11 is 0. The first-order chi connectivity index (χ1) is 15.4. The monoisotopic (exact) mass is 467 g/mol. The molecule has 0 aliphatic carbocycles. The number of para-hydroxylation sites is 1. The van der Waals surface area contributed by atoms with Crippen LogP contribution in [0.25, 0.3) is 22.3 Å². The molecule has 4 nitrogen and oxygen atoms in total. The van der Waals surface area contributed by atoms with Crippen LogP contribution in [0.15, 0.2) is 66.7 Å². The zero-order valence-electron chi connectivity index (χ0n) is 16.8. The van der Waals surface area contributed by atoms with E-state index in [1.54, 1.807) is 5.32 Å². The number of anilines is 1. The van der Waals surface area contributed by atoms with E-state index < -0.39 is 29.8 Å². The molecule has 3 rings (SSSR count). The molecule has 10 heteroatoms. The van der Waals surface area contributed by atoms with Gasteiger partial charge in [-0.2, -0.15) is 26.3 Å². The van der Waals surface area contributed by atoms with Gasteiger partial charge in [-0.1, -0.05) is 36.4 Å². The molecule has 0 fully saturated rings. The van der Waals surface area contributed by atoms with Gasteiger partial charge in [0.05, 0.1) is 18.2 Å². The van der Waals surface area contributed by atoms with Crippen LogP contribution in [-0.2, 0) is 15.7 Å². The Labute approximate surface area is 183 Å². The van der Waals surface area contributed by atoms with Gasteiger partial charge in [-0.05, 0) is 47.0 Å². The van der Waals surface area contributed by atoms with Crippen molar-refractivity contribution in [2.24, 2.45) is 0 Å². The van der Waals surface area contributed by atoms with Gasteiger partial charge in [-0.15, -0.1) is 0 Å². The van der Waals surface area contributed by atoms with Gasteiger partial charge in [-0.3, -0.25) is 4.79 Å². The second-order valence-electron chi connectivity index (χ2n) is 6.83. The van der Waals surface area contributed by atoms with Gasteiger partial charge in [-0.25, -0.2) is 4.79 Å². The molecule has 0 spiro atoms. The van der Waals surface area contributed by atoms with Crippen LogP contribution in [0.2, 0.25) is 0 Å². The van der Waals surface area contributed by atoms with Crippen molar-refractivity contribution in [3.05, 3.63) is 77.9 Å². The Morgan fingerprint density at radius 3 is 1.91 bits per heavy atom. The van der Waals surface area contributed by atoms with Crippen molar-refractivity contribution < 1.29 is 40.7 Å². The number of benzene rings is 3. The van der Waals surface area contributed by atoms with Crippen molar-refractivity contribution in [1.29, 1.82) is 0 Å². The van der Waals surface area contributed by atoms with Crippen molar-refractivity contribution in [1.82, 2.24) is 0 Å². The first-order valence-electron chi connectivity index (χ1n) is 9.29. The van der Waals surface area contributed by atoms with Gasteiger partial charge in [0.15, 0.2) is 0 Å². The summed E-state index contributed by atoms with van der Waals surface area (Å²) in [6, 6.07) is 13.8. The van der Waals surface area contributed by atoms with E-state index in [-0.39, 0.29) is 33.5 Å². The highest BCUT2D eigenvalue weighted by molar-refractivity contribution is 6.00. The summed E-state index contributed by atoms with van der Waals surface area (Å²) in [6.45, 7) is 0. The Morgan fingerprint density at radius 2 is 1.33 bits per heavy atom. The van der Waals surface area contributed by atoms with Gasteiger partial charge in [0.2, 0.25) is 0 Å². The van der Waals surface area contributed by atoms with E-state index >= 15 is 0 Å². The molecule has 0 radical (unpaired) electrons. The molecule has 0 saturated heterocycles. The minimum absolute atomic E-state index is 0.00364. The van der Waals surface area contributed by atoms with Gasteiger partial charge in [0.25, 0.3) is 0 Å². The summed E-state index contributed by atoms with van der Waals surface area (Å²) < 4.78 is 83.8. The quantitative estimate of drug-likeness (QED) is 0.361. The summed E-state index contributed by atoms with van der Waals surface area (Å²) in [4.78, 5) is 23.5. The number of amides is 1. The number of rotatable bonds is 4. The highest BCUT2D eigenvalue weighted by Gasteiger charge is 2.39. The van der Waals surface area contributed by atoms with Crippen LogP contribution in [-0.4, -0.2) is 25.2 Å². The van der Waals surface area contributed by atoms with E-state index in [4.69, 9.17) is 4.74 Å². The average Bonchev–Trinajstić information content (AvgIpc) is 2.77. The fourth-order valence-electron chi connectivity index (χ4n) is 3.16. The standard InChI is InChI=1S/C23H15F6NO3/c1-33-20(31)18-8-3-2-6-16(18)13-10-14(12-15(11-13)22(24,25)26)17-7-4-5-9-19(17)30-21(32)23(27,28)29/h2-12H,1H3,(H,30,32). The van der Waals surface area contributed by atoms with Crippen molar-refractivity contribution in [2.45, 2.75) is 12.4 Å². The lowest BCUT2D eigenvalue weighted by molar-refractivity contribution is -0.167. The molecule has 3 aromatic carbocycles. The van der Waals surface area contributed by atoms with Crippen molar-refractivity contribution in [3.63, 3.8) is 0 Å². The maximum atomic E-state index is 13.7. The van der Waals surface area contributed by atoms with Crippen molar-refractivity contribution in [2.75, 3.05) is 12.4 Å². The predicted molar refractivity (Wildman–Crippen MR) is 108 cm³/mol. The second kappa shape index (κ2) is 8.97. The van der Waals surface area contributed by atoms with E-state index in [0.29, 0.717) is 0 Å². The number of methoxy groups -OCH3 is 1. The van der Waals surface area contributed by atoms with E-state index in [1.807, 2.05) is 0 Å². The lowest BCUT2D eigenvalue weighted by Crippen LogP contribution is -2.30. The first-order valence-corrected chi connectivity index (χ1v) is 9.29. The maximum Gasteiger partial charge on any atom is 0.471 e. The van der Waals surface area contributed by atoms with Crippen LogP contribution in [0.3, 0.4) is 0 Å². The minimum atomic E-state index is -5.19. The molecule has 172 valence electrons. The molecule has 0 aliphatic heterocycles. The molecule has 33 heavy (non-hydrogen) atoms. The summed E-state index contributed by atoms with van der Waals surface area (Å²) in [5, 5.41) is 1.69. The van der Waals surface area contributed by atoms with E-state index in [1.165, 1.54) is 48.5 Å². The SMILES string of the molecule is COC(=O)c1ccccc1-c1cc(-c2ccccc2NC(=O)C(F)(F)F)cc(C(F)(F)F)c1. The number of carbonyl (C=O) groups excluding carboxylic acids is 2. The molecule has 0 aromatic heterocycles. The third-order valence-corrected chi connectivity index (χ3v) is 4.65. The Balaban J connectivity index is 2.23. The second-order valence-corrected chi connectivity index (χ2v) is 6.83. The zero-order valence-corrected chi connectivity index (χ0v) is 16.8. The third-order valence-electron chi connectivity index (χ3n) is 4.65. The summed E-state index contributed by atoms with van der Waals surface area (Å²) in [6.07, 6.45) is -9.99. The zero-order chi connectivity index (χ0) is 24.4. The van der Waals surface area contributed by atoms with Crippen LogP contribution >= 0.6 is 0 Å². The number of ether oxygens (including phenoxy) is 1. The smallest absolute Gasteiger partial charge is 0.465 e. The normalized spacial score (nSPS) is 11.7. The van der Waals surface area contributed by atoms with E-state index in [9.17, 15) is 35.9 Å².